The minimum atomic E-state index is 0.525. The van der Waals surface area contributed by atoms with Crippen molar-refractivity contribution in [3.8, 4) is 11.5 Å². The number of ether oxygens (including phenoxy) is 6. The molecule has 3 aliphatic rings. The Morgan fingerprint density at radius 1 is 0.367 bits per heavy atom. The Morgan fingerprint density at radius 2 is 0.667 bits per heavy atom. The molecule has 6 nitrogen and oxygen atoms in total. The van der Waals surface area contributed by atoms with Crippen LogP contribution in [-0.4, -0.2) is 66.1 Å². The van der Waals surface area contributed by atoms with Gasteiger partial charge in [0.25, 0.3) is 0 Å². The highest BCUT2D eigenvalue weighted by molar-refractivity contribution is 5.30. The number of benzene rings is 2. The summed E-state index contributed by atoms with van der Waals surface area (Å²) in [5, 5.41) is 0. The van der Waals surface area contributed by atoms with Crippen molar-refractivity contribution < 1.29 is 28.4 Å². The Bertz CT molecular complexity index is 624. The van der Waals surface area contributed by atoms with E-state index in [0.717, 1.165) is 24.3 Å². The highest BCUT2D eigenvalue weighted by Gasteiger charge is 2.01. The molecule has 0 amide bonds. The Labute approximate surface area is 179 Å². The monoisotopic (exact) mass is 416 g/mol. The van der Waals surface area contributed by atoms with E-state index in [1.807, 2.05) is 24.3 Å². The van der Waals surface area contributed by atoms with Crippen molar-refractivity contribution in [2.45, 2.75) is 12.8 Å². The molecular weight excluding hydrogens is 384 g/mol. The van der Waals surface area contributed by atoms with Crippen LogP contribution in [0, 0.1) is 0 Å². The summed E-state index contributed by atoms with van der Waals surface area (Å²) in [4.78, 5) is 0. The largest absolute Gasteiger partial charge is 0.491 e. The molecule has 0 spiro atoms. The molecule has 3 heterocycles. The molecule has 0 fully saturated rings. The second-order valence-corrected chi connectivity index (χ2v) is 6.93. The lowest BCUT2D eigenvalue weighted by Gasteiger charge is -2.10. The van der Waals surface area contributed by atoms with Gasteiger partial charge in [0, 0.05) is 0 Å². The zero-order valence-electron chi connectivity index (χ0n) is 17.6. The first-order valence-electron chi connectivity index (χ1n) is 10.6. The minimum Gasteiger partial charge on any atom is -0.491 e. The lowest BCUT2D eigenvalue weighted by Crippen LogP contribution is -2.14. The van der Waals surface area contributed by atoms with E-state index in [2.05, 4.69) is 24.3 Å². The van der Waals surface area contributed by atoms with Gasteiger partial charge in [-0.25, -0.2) is 0 Å². The van der Waals surface area contributed by atoms with Gasteiger partial charge in [-0.1, -0.05) is 24.3 Å². The number of rotatable bonds is 0. The molecule has 164 valence electrons. The van der Waals surface area contributed by atoms with E-state index in [0.29, 0.717) is 66.1 Å². The molecule has 3 aliphatic heterocycles. The molecule has 4 bridgehead atoms. The van der Waals surface area contributed by atoms with Gasteiger partial charge >= 0.3 is 0 Å². The van der Waals surface area contributed by atoms with Crippen molar-refractivity contribution in [1.82, 2.24) is 0 Å². The van der Waals surface area contributed by atoms with Crippen LogP contribution in [0.4, 0.5) is 0 Å². The summed E-state index contributed by atoms with van der Waals surface area (Å²) in [7, 11) is 0. The van der Waals surface area contributed by atoms with Crippen molar-refractivity contribution in [2.24, 2.45) is 0 Å². The predicted octanol–water partition coefficient (Wildman–Crippen LogP) is 3.31. The van der Waals surface area contributed by atoms with Gasteiger partial charge in [0.05, 0.1) is 52.9 Å². The fraction of sp³-hybridized carbons (Fsp3) is 0.500. The Balaban J connectivity index is 1.47. The third kappa shape index (κ3) is 9.13. The quantitative estimate of drug-likeness (QED) is 0.657. The van der Waals surface area contributed by atoms with Gasteiger partial charge in [-0.2, -0.15) is 0 Å². The second kappa shape index (κ2) is 14.0. The Hall–Kier alpha value is -2.12. The third-order valence-corrected chi connectivity index (χ3v) is 4.66. The number of fused-ring (bicyclic) bond motifs is 2. The van der Waals surface area contributed by atoms with E-state index in [1.165, 1.54) is 11.1 Å². The summed E-state index contributed by atoms with van der Waals surface area (Å²) in [5.74, 6) is 1.73. The van der Waals surface area contributed by atoms with Crippen LogP contribution in [0.2, 0.25) is 0 Å². The first-order chi connectivity index (χ1) is 14.9. The van der Waals surface area contributed by atoms with Crippen molar-refractivity contribution in [1.29, 1.82) is 0 Å². The van der Waals surface area contributed by atoms with E-state index in [9.17, 15) is 0 Å². The van der Waals surface area contributed by atoms with Crippen molar-refractivity contribution >= 4 is 0 Å². The first-order valence-corrected chi connectivity index (χ1v) is 10.6. The zero-order valence-corrected chi connectivity index (χ0v) is 17.6. The summed E-state index contributed by atoms with van der Waals surface area (Å²) >= 11 is 0. The number of hydrogen-bond acceptors (Lipinski definition) is 6. The Kier molecular flexibility index (Phi) is 10.5. The van der Waals surface area contributed by atoms with Crippen LogP contribution in [0.1, 0.15) is 11.1 Å². The fourth-order valence-corrected chi connectivity index (χ4v) is 2.99. The average Bonchev–Trinajstić information content (AvgIpc) is 2.78. The molecule has 0 saturated heterocycles. The SMILES string of the molecule is c1cc2ccc1CCc1ccc(cc1)OCCOCCOCCOCCOCCO2. The van der Waals surface area contributed by atoms with E-state index in [-0.39, 0.29) is 0 Å². The van der Waals surface area contributed by atoms with Crippen molar-refractivity contribution in [3.05, 3.63) is 59.7 Å². The van der Waals surface area contributed by atoms with Crippen LogP contribution in [0.3, 0.4) is 0 Å². The maximum absolute atomic E-state index is 5.73. The van der Waals surface area contributed by atoms with Crippen LogP contribution < -0.4 is 9.47 Å². The highest BCUT2D eigenvalue weighted by atomic mass is 16.6. The molecule has 30 heavy (non-hydrogen) atoms. The van der Waals surface area contributed by atoms with Crippen molar-refractivity contribution in [3.63, 3.8) is 0 Å². The van der Waals surface area contributed by atoms with Gasteiger partial charge in [-0.05, 0) is 48.2 Å². The smallest absolute Gasteiger partial charge is 0.119 e. The van der Waals surface area contributed by atoms with Crippen LogP contribution in [0.15, 0.2) is 48.5 Å². The molecule has 2 aromatic carbocycles. The molecule has 0 radical (unpaired) electrons. The number of hydrogen-bond donors (Lipinski definition) is 0. The van der Waals surface area contributed by atoms with Crippen LogP contribution >= 0.6 is 0 Å². The topological polar surface area (TPSA) is 55.4 Å². The summed E-state index contributed by atoms with van der Waals surface area (Å²) in [6, 6.07) is 16.5. The molecule has 0 unspecified atom stereocenters. The molecule has 2 aromatic rings. The third-order valence-electron chi connectivity index (χ3n) is 4.66. The maximum atomic E-state index is 5.73. The summed E-state index contributed by atoms with van der Waals surface area (Å²) < 4.78 is 33.4. The maximum Gasteiger partial charge on any atom is 0.119 e. The van der Waals surface area contributed by atoms with Gasteiger partial charge in [0.15, 0.2) is 0 Å². The van der Waals surface area contributed by atoms with E-state index in [4.69, 9.17) is 28.4 Å². The van der Waals surface area contributed by atoms with Gasteiger partial charge in [0.1, 0.15) is 24.7 Å². The fourth-order valence-electron chi connectivity index (χ4n) is 2.99. The molecule has 0 N–H and O–H groups in total. The highest BCUT2D eigenvalue weighted by Crippen LogP contribution is 2.16. The van der Waals surface area contributed by atoms with Crippen LogP contribution in [0.5, 0.6) is 11.5 Å². The average molecular weight is 417 g/mol. The van der Waals surface area contributed by atoms with E-state index in [1.54, 1.807) is 0 Å². The van der Waals surface area contributed by atoms with Gasteiger partial charge in [0.2, 0.25) is 0 Å². The standard InChI is InChI=1S/C24H32O6/c1-2-22-5-9-24(10-6-22)30-20-18-28-16-14-26-12-11-25-13-15-27-17-19-29-23-7-3-21(1)4-8-23/h3-10H,1-2,11-20H2. The second-order valence-electron chi connectivity index (χ2n) is 6.93. The minimum absolute atomic E-state index is 0.525. The molecule has 0 atom stereocenters. The lowest BCUT2D eigenvalue weighted by molar-refractivity contribution is -0.00699. The summed E-state index contributed by atoms with van der Waals surface area (Å²) in [6.45, 7) is 5.42. The van der Waals surface area contributed by atoms with E-state index < -0.39 is 0 Å². The van der Waals surface area contributed by atoms with Crippen LogP contribution in [-0.2, 0) is 31.8 Å². The van der Waals surface area contributed by atoms with Crippen molar-refractivity contribution in [2.75, 3.05) is 66.1 Å². The summed E-state index contributed by atoms with van der Waals surface area (Å²) in [5.41, 5.74) is 2.58. The molecule has 0 aliphatic carbocycles. The molecule has 5 rings (SSSR count). The molecule has 0 aromatic heterocycles. The molecule has 6 heteroatoms. The normalized spacial score (nSPS) is 18.4. The predicted molar refractivity (Wildman–Crippen MR) is 115 cm³/mol. The van der Waals surface area contributed by atoms with E-state index >= 15 is 0 Å². The zero-order chi connectivity index (χ0) is 20.7. The molecule has 0 saturated carbocycles. The lowest BCUT2D eigenvalue weighted by atomic mass is 10.0. The summed E-state index contributed by atoms with van der Waals surface area (Å²) in [6.07, 6.45) is 1.97. The van der Waals surface area contributed by atoms with Gasteiger partial charge < -0.3 is 28.4 Å². The first kappa shape index (κ1) is 22.6. The molecular formula is C24H32O6. The Morgan fingerprint density at radius 3 is 1.00 bits per heavy atom. The van der Waals surface area contributed by atoms with Crippen LogP contribution in [0.25, 0.3) is 0 Å². The van der Waals surface area contributed by atoms with Gasteiger partial charge in [-0.15, -0.1) is 0 Å². The number of aryl methyl sites for hydroxylation is 2. The van der Waals surface area contributed by atoms with Gasteiger partial charge in [-0.3, -0.25) is 0 Å².